The molecule has 3 atom stereocenters. The molecule has 9 heteroatoms. The number of β-lactam (4-membered cyclic amide) rings is 1. The molecule has 4 rings (SSSR count). The van der Waals surface area contributed by atoms with Crippen LogP contribution < -0.4 is 39.4 Å². The van der Waals surface area contributed by atoms with Crippen molar-refractivity contribution in [3.63, 3.8) is 0 Å². The average Bonchev–Trinajstić information content (AvgIpc) is 2.93. The molecule has 2 heterocycles. The van der Waals surface area contributed by atoms with Gasteiger partial charge < -0.3 is 19.8 Å². The summed E-state index contributed by atoms with van der Waals surface area (Å²) in [6.07, 6.45) is -0.138. The molecule has 0 bridgehead atoms. The minimum atomic E-state index is -1.05. The maximum absolute atomic E-state index is 13.2. The topological polar surface area (TPSA) is 102 Å². The van der Waals surface area contributed by atoms with Crippen molar-refractivity contribution in [3.8, 4) is 5.75 Å². The Morgan fingerprint density at radius 1 is 1.26 bits per heavy atom. The van der Waals surface area contributed by atoms with E-state index in [4.69, 9.17) is 4.74 Å². The van der Waals surface area contributed by atoms with Gasteiger partial charge in [0.05, 0.1) is 6.10 Å². The summed E-state index contributed by atoms with van der Waals surface area (Å²) in [6, 6.07) is 9.24. The van der Waals surface area contributed by atoms with E-state index in [1.807, 2.05) is 44.2 Å². The van der Waals surface area contributed by atoms with Crippen molar-refractivity contribution in [3.05, 3.63) is 42.0 Å². The van der Waals surface area contributed by atoms with Gasteiger partial charge in [-0.15, -0.1) is 11.8 Å². The van der Waals surface area contributed by atoms with E-state index in [2.05, 4.69) is 4.99 Å². The maximum atomic E-state index is 13.2. The van der Waals surface area contributed by atoms with Crippen LogP contribution in [0.3, 0.4) is 0 Å². The number of hydrogen-bond donors (Lipinski definition) is 1. The van der Waals surface area contributed by atoms with Gasteiger partial charge in [0.1, 0.15) is 17.2 Å². The predicted octanol–water partition coefficient (Wildman–Crippen LogP) is -0.747. The first kappa shape index (κ1) is 23.9. The zero-order chi connectivity index (χ0) is 21.8. The van der Waals surface area contributed by atoms with Gasteiger partial charge in [0.15, 0.2) is 6.04 Å². The van der Waals surface area contributed by atoms with Crippen LogP contribution in [0.25, 0.3) is 10.8 Å². The molecule has 0 spiro atoms. The molecule has 7 nitrogen and oxygen atoms in total. The van der Waals surface area contributed by atoms with Gasteiger partial charge in [0.2, 0.25) is 0 Å². The number of benzene rings is 2. The number of aliphatic imine (C=N–C) groups is 1. The van der Waals surface area contributed by atoms with Crippen molar-refractivity contribution in [2.45, 2.75) is 56.0 Å². The number of thioether (sulfide) groups is 1. The fourth-order valence-electron chi connectivity index (χ4n) is 4.13. The quantitative estimate of drug-likeness (QED) is 0.279. The van der Waals surface area contributed by atoms with Crippen LogP contribution in [-0.4, -0.2) is 56.1 Å². The molecule has 2 aromatic rings. The third-order valence-corrected chi connectivity index (χ3v) is 6.93. The predicted molar refractivity (Wildman–Crippen MR) is 114 cm³/mol. The van der Waals surface area contributed by atoms with Crippen molar-refractivity contribution in [2.24, 2.45) is 4.99 Å². The van der Waals surface area contributed by atoms with E-state index in [0.717, 1.165) is 5.39 Å². The van der Waals surface area contributed by atoms with Crippen molar-refractivity contribution >= 4 is 40.3 Å². The molecule has 2 aliphatic heterocycles. The summed E-state index contributed by atoms with van der Waals surface area (Å²) in [4.78, 5) is 30.0. The fourth-order valence-corrected chi connectivity index (χ4v) is 5.74. The molecule has 2 saturated heterocycles. The van der Waals surface area contributed by atoms with Crippen LogP contribution in [0.5, 0.6) is 5.75 Å². The smallest absolute Gasteiger partial charge is 0.858 e. The summed E-state index contributed by atoms with van der Waals surface area (Å²) < 4.78 is 5.18. The minimum absolute atomic E-state index is 0. The van der Waals surface area contributed by atoms with E-state index in [9.17, 15) is 19.8 Å². The van der Waals surface area contributed by atoms with Crippen molar-refractivity contribution in [2.75, 3.05) is 0 Å². The van der Waals surface area contributed by atoms with Gasteiger partial charge in [-0.1, -0.05) is 30.3 Å². The third-order valence-electron chi connectivity index (χ3n) is 5.37. The SMILES string of the molecule is CC(C)Oc1ccc2ccccc2c1C([O-])=N[C@@H]1C(=O)N2[C@@H]1SC(C)(C)[C@@H]2C(=O)O.[Na+]. The van der Waals surface area contributed by atoms with Gasteiger partial charge in [-0.3, -0.25) is 9.79 Å². The molecule has 2 aliphatic rings. The van der Waals surface area contributed by atoms with E-state index in [1.54, 1.807) is 19.9 Å². The molecule has 0 unspecified atom stereocenters. The molecule has 1 N–H and O–H groups in total. The van der Waals surface area contributed by atoms with Crippen LogP contribution in [0.1, 0.15) is 33.3 Å². The zero-order valence-electron chi connectivity index (χ0n) is 18.2. The number of carboxylic acids is 1. The molecule has 0 radical (unpaired) electrons. The molecule has 2 aromatic carbocycles. The van der Waals surface area contributed by atoms with Gasteiger partial charge in [-0.2, -0.15) is 0 Å². The second kappa shape index (κ2) is 8.65. The summed E-state index contributed by atoms with van der Waals surface area (Å²) in [5.41, 5.74) is 0.324. The molecule has 158 valence electrons. The van der Waals surface area contributed by atoms with Crippen LogP contribution in [0, 0.1) is 0 Å². The number of carbonyl (C=O) groups excluding carboxylic acids is 1. The van der Waals surface area contributed by atoms with Crippen LogP contribution >= 0.6 is 11.8 Å². The Bertz CT molecular complexity index is 1070. The second-order valence-corrected chi connectivity index (χ2v) is 10.1. The van der Waals surface area contributed by atoms with Crippen molar-refractivity contribution in [1.82, 2.24) is 4.90 Å². The maximum Gasteiger partial charge on any atom is 1.00 e. The van der Waals surface area contributed by atoms with Gasteiger partial charge in [0, 0.05) is 10.3 Å². The number of rotatable bonds is 5. The number of carbonyl (C=O) groups is 2. The number of hydrogen-bond acceptors (Lipinski definition) is 6. The number of aliphatic carboxylic acids is 1. The third kappa shape index (κ3) is 4.06. The number of fused-ring (bicyclic) bond motifs is 2. The normalized spacial score (nSPS) is 24.5. The van der Waals surface area contributed by atoms with E-state index in [-0.39, 0.29) is 35.7 Å². The van der Waals surface area contributed by atoms with Gasteiger partial charge >= 0.3 is 35.5 Å². The summed E-state index contributed by atoms with van der Waals surface area (Å²) in [6.45, 7) is 7.33. The molecular weight excluding hydrogens is 427 g/mol. The molecule has 31 heavy (non-hydrogen) atoms. The van der Waals surface area contributed by atoms with Crippen LogP contribution in [0.2, 0.25) is 0 Å². The first-order valence-corrected chi connectivity index (χ1v) is 10.7. The molecule has 0 aromatic heterocycles. The Morgan fingerprint density at radius 3 is 2.58 bits per heavy atom. The van der Waals surface area contributed by atoms with Gasteiger partial charge in [-0.05, 0) is 50.4 Å². The second-order valence-electron chi connectivity index (χ2n) is 8.30. The molecule has 0 aliphatic carbocycles. The van der Waals surface area contributed by atoms with Crippen LogP contribution in [0.4, 0.5) is 0 Å². The zero-order valence-corrected chi connectivity index (χ0v) is 21.0. The summed E-state index contributed by atoms with van der Waals surface area (Å²) in [7, 11) is 0. The van der Waals surface area contributed by atoms with E-state index in [0.29, 0.717) is 16.7 Å². The van der Waals surface area contributed by atoms with Crippen LogP contribution in [-0.2, 0) is 9.59 Å². The summed E-state index contributed by atoms with van der Waals surface area (Å²) in [5, 5.41) is 23.9. The Labute approximate surface area is 207 Å². The molecule has 1 amide bonds. The van der Waals surface area contributed by atoms with E-state index in [1.165, 1.54) is 16.7 Å². The van der Waals surface area contributed by atoms with Gasteiger partial charge in [0.25, 0.3) is 5.91 Å². The van der Waals surface area contributed by atoms with Crippen molar-refractivity contribution in [1.29, 1.82) is 0 Å². The number of nitrogens with zero attached hydrogens (tertiary/aromatic N) is 2. The van der Waals surface area contributed by atoms with Crippen LogP contribution in [0.15, 0.2) is 41.4 Å². The Hall–Kier alpha value is -1.74. The molecule has 2 fully saturated rings. The minimum Gasteiger partial charge on any atom is -0.858 e. The fraction of sp³-hybridized carbons (Fsp3) is 0.409. The average molecular weight is 450 g/mol. The van der Waals surface area contributed by atoms with Crippen molar-refractivity contribution < 1.29 is 54.1 Å². The van der Waals surface area contributed by atoms with E-state index < -0.39 is 40.0 Å². The summed E-state index contributed by atoms with van der Waals surface area (Å²) in [5.74, 6) is -1.58. The Morgan fingerprint density at radius 2 is 1.94 bits per heavy atom. The monoisotopic (exact) mass is 450 g/mol. The number of carboxylic acid groups (broad SMARTS) is 1. The first-order valence-electron chi connectivity index (χ1n) is 9.78. The van der Waals surface area contributed by atoms with E-state index >= 15 is 0 Å². The molecular formula is C22H23N2NaO5S. The largest absolute Gasteiger partial charge is 1.00 e. The first-order chi connectivity index (χ1) is 14.1. The standard InChI is InChI=1S/C22H24N2O5S.Na/c1-11(2)29-14-10-9-12-7-5-6-8-13(12)15(14)18(25)23-16-19(26)24-17(21(27)28)22(3,4)30-20(16)24;/h5-11,16-17,20H,1-4H3,(H,23,25)(H,27,28);/q;+1/p-1/t16-,17+,20-;/m1./s1. The van der Waals surface area contributed by atoms with Gasteiger partial charge in [-0.25, -0.2) is 4.79 Å². The Kier molecular flexibility index (Phi) is 6.68. The molecule has 0 saturated carbocycles. The number of ether oxygens (including phenoxy) is 1. The number of amides is 1. The Balaban J connectivity index is 0.00000272. The summed E-state index contributed by atoms with van der Waals surface area (Å²) >= 11 is 1.37.